The van der Waals surface area contributed by atoms with Gasteiger partial charge in [0.15, 0.2) is 11.0 Å². The summed E-state index contributed by atoms with van der Waals surface area (Å²) >= 11 is 13.5. The highest BCUT2D eigenvalue weighted by molar-refractivity contribution is 7.99. The lowest BCUT2D eigenvalue weighted by atomic mass is 10.1. The number of nitrogens with one attached hydrogen (secondary N) is 1. The maximum atomic E-state index is 12.2. The minimum atomic E-state index is -0.0461. The van der Waals surface area contributed by atoms with E-state index in [4.69, 9.17) is 23.2 Å². The van der Waals surface area contributed by atoms with Crippen molar-refractivity contribution in [2.45, 2.75) is 18.1 Å². The molecule has 0 aliphatic carbocycles. The maximum Gasteiger partial charge on any atom is 0.230 e. The van der Waals surface area contributed by atoms with Crippen LogP contribution in [0.2, 0.25) is 10.0 Å². The molecule has 1 heterocycles. The fourth-order valence-electron chi connectivity index (χ4n) is 2.71. The molecule has 0 radical (unpaired) electrons. The summed E-state index contributed by atoms with van der Waals surface area (Å²) in [4.78, 5) is 12.2. The van der Waals surface area contributed by atoms with Gasteiger partial charge in [0.05, 0.1) is 15.8 Å². The van der Waals surface area contributed by atoms with Gasteiger partial charge >= 0.3 is 0 Å². The summed E-state index contributed by atoms with van der Waals surface area (Å²) in [5, 5.41) is 13.0. The van der Waals surface area contributed by atoms with Gasteiger partial charge in [0.1, 0.15) is 0 Å². The highest BCUT2D eigenvalue weighted by Gasteiger charge is 2.15. The van der Waals surface area contributed by atoms with E-state index in [-0.39, 0.29) is 11.7 Å². The summed E-state index contributed by atoms with van der Waals surface area (Å²) in [6.07, 6.45) is 2.56. The maximum absolute atomic E-state index is 12.2. The van der Waals surface area contributed by atoms with Gasteiger partial charge in [-0.1, -0.05) is 71.4 Å². The van der Waals surface area contributed by atoms with E-state index in [9.17, 15) is 4.79 Å². The number of halogens is 2. The average molecular weight is 447 g/mol. The molecule has 0 bridgehead atoms. The number of hydrogen-bond donors (Lipinski definition) is 1. The normalized spacial score (nSPS) is 10.7. The molecule has 150 valence electrons. The van der Waals surface area contributed by atoms with Crippen LogP contribution in [-0.2, 0) is 17.8 Å². The van der Waals surface area contributed by atoms with Gasteiger partial charge in [-0.25, -0.2) is 0 Å². The Morgan fingerprint density at radius 1 is 1.14 bits per heavy atom. The number of amides is 1. The van der Waals surface area contributed by atoms with E-state index >= 15 is 0 Å². The smallest absolute Gasteiger partial charge is 0.230 e. The van der Waals surface area contributed by atoms with Gasteiger partial charge in [0, 0.05) is 18.7 Å². The summed E-state index contributed by atoms with van der Waals surface area (Å²) in [6.45, 7) is 4.90. The van der Waals surface area contributed by atoms with Crippen LogP contribution in [0.4, 0.5) is 0 Å². The lowest BCUT2D eigenvalue weighted by Crippen LogP contribution is -2.27. The molecule has 5 nitrogen and oxygen atoms in total. The number of carbonyl (C=O) groups excluding carboxylic acids is 1. The van der Waals surface area contributed by atoms with Crippen molar-refractivity contribution >= 4 is 40.9 Å². The summed E-state index contributed by atoms with van der Waals surface area (Å²) < 4.78 is 1.90. The summed E-state index contributed by atoms with van der Waals surface area (Å²) in [6, 6.07) is 15.4. The third-order valence-corrected chi connectivity index (χ3v) is 5.82. The number of hydrogen-bond acceptors (Lipinski definition) is 4. The van der Waals surface area contributed by atoms with Gasteiger partial charge in [-0.05, 0) is 30.2 Å². The highest BCUT2D eigenvalue weighted by atomic mass is 35.5. The molecule has 0 saturated carbocycles. The molecule has 29 heavy (non-hydrogen) atoms. The second kappa shape index (κ2) is 10.5. The quantitative estimate of drug-likeness (QED) is 0.375. The third-order valence-electron chi connectivity index (χ3n) is 4.12. The van der Waals surface area contributed by atoms with Crippen LogP contribution in [0.15, 0.2) is 66.3 Å². The summed E-state index contributed by atoms with van der Waals surface area (Å²) in [5.74, 6) is 0.858. The fourth-order valence-corrected chi connectivity index (χ4v) is 3.79. The molecular weight excluding hydrogens is 427 g/mol. The van der Waals surface area contributed by atoms with Crippen LogP contribution in [0.25, 0.3) is 11.4 Å². The van der Waals surface area contributed by atoms with Crippen molar-refractivity contribution in [2.24, 2.45) is 0 Å². The van der Waals surface area contributed by atoms with Crippen LogP contribution in [0.1, 0.15) is 5.56 Å². The zero-order valence-electron chi connectivity index (χ0n) is 15.6. The number of allylic oxidation sites excluding steroid dienone is 1. The number of carbonyl (C=O) groups is 1. The summed E-state index contributed by atoms with van der Waals surface area (Å²) in [5.41, 5.74) is 1.99. The predicted octanol–water partition coefficient (Wildman–Crippen LogP) is 4.89. The van der Waals surface area contributed by atoms with Crippen molar-refractivity contribution in [3.05, 3.63) is 76.8 Å². The zero-order valence-corrected chi connectivity index (χ0v) is 18.0. The van der Waals surface area contributed by atoms with E-state index in [0.717, 1.165) is 12.0 Å². The Hall–Kier alpha value is -2.28. The van der Waals surface area contributed by atoms with E-state index in [1.807, 2.05) is 41.0 Å². The van der Waals surface area contributed by atoms with Crippen LogP contribution in [0.5, 0.6) is 0 Å². The van der Waals surface area contributed by atoms with E-state index in [1.165, 1.54) is 17.3 Å². The van der Waals surface area contributed by atoms with E-state index < -0.39 is 0 Å². The topological polar surface area (TPSA) is 59.8 Å². The van der Waals surface area contributed by atoms with Crippen molar-refractivity contribution in [3.8, 4) is 11.4 Å². The molecule has 1 N–H and O–H groups in total. The van der Waals surface area contributed by atoms with Crippen LogP contribution < -0.4 is 5.32 Å². The van der Waals surface area contributed by atoms with Crippen molar-refractivity contribution in [1.29, 1.82) is 0 Å². The first-order valence-corrected chi connectivity index (χ1v) is 10.8. The Morgan fingerprint density at radius 3 is 2.66 bits per heavy atom. The Balaban J connectivity index is 1.61. The van der Waals surface area contributed by atoms with Crippen LogP contribution in [0.3, 0.4) is 0 Å². The van der Waals surface area contributed by atoms with Crippen LogP contribution in [-0.4, -0.2) is 33.0 Å². The molecular formula is C21H20Cl2N4OS. The molecule has 1 aromatic heterocycles. The molecule has 3 aromatic rings. The first-order valence-electron chi connectivity index (χ1n) is 9.01. The lowest BCUT2D eigenvalue weighted by Gasteiger charge is -2.09. The molecule has 1 amide bonds. The predicted molar refractivity (Wildman–Crippen MR) is 120 cm³/mol. The Kier molecular flexibility index (Phi) is 7.75. The van der Waals surface area contributed by atoms with Crippen molar-refractivity contribution in [1.82, 2.24) is 20.1 Å². The minimum absolute atomic E-state index is 0.0461. The number of nitrogens with zero attached hydrogens (tertiary/aromatic N) is 3. The van der Waals surface area contributed by atoms with Gasteiger partial charge in [0.25, 0.3) is 0 Å². The third kappa shape index (κ3) is 5.85. The summed E-state index contributed by atoms with van der Waals surface area (Å²) in [7, 11) is 0. The number of aromatic nitrogens is 3. The standard InChI is InChI=1S/C21H20Cl2N4OS/c1-2-12-27-20(16-8-9-17(22)18(23)13-16)25-26-21(27)29-14-19(28)24-11-10-15-6-4-3-5-7-15/h2-9,13H,1,10-12,14H2,(H,24,28). The molecule has 3 rings (SSSR count). The van der Waals surface area contributed by atoms with Crippen molar-refractivity contribution in [2.75, 3.05) is 12.3 Å². The molecule has 0 atom stereocenters. The molecule has 0 spiro atoms. The van der Waals surface area contributed by atoms with Gasteiger partial charge in [-0.2, -0.15) is 0 Å². The van der Waals surface area contributed by atoms with Gasteiger partial charge < -0.3 is 5.32 Å². The first kappa shape index (κ1) is 21.4. The molecule has 8 heteroatoms. The largest absolute Gasteiger partial charge is 0.355 e. The highest BCUT2D eigenvalue weighted by Crippen LogP contribution is 2.29. The zero-order chi connectivity index (χ0) is 20.6. The number of benzene rings is 2. The van der Waals surface area contributed by atoms with Gasteiger partial charge in [-0.15, -0.1) is 16.8 Å². The van der Waals surface area contributed by atoms with Crippen molar-refractivity contribution < 1.29 is 4.79 Å². The average Bonchev–Trinajstić information content (AvgIpc) is 3.12. The number of rotatable bonds is 9. The van der Waals surface area contributed by atoms with E-state index in [1.54, 1.807) is 18.2 Å². The minimum Gasteiger partial charge on any atom is -0.355 e. The number of thioether (sulfide) groups is 1. The first-order chi connectivity index (χ1) is 14.1. The van der Waals surface area contributed by atoms with E-state index in [0.29, 0.717) is 34.1 Å². The molecule has 0 fully saturated rings. The van der Waals surface area contributed by atoms with Gasteiger partial charge in [0.2, 0.25) is 5.91 Å². The van der Waals surface area contributed by atoms with Crippen LogP contribution >= 0.6 is 35.0 Å². The lowest BCUT2D eigenvalue weighted by molar-refractivity contribution is -0.118. The molecule has 0 aliphatic rings. The monoisotopic (exact) mass is 446 g/mol. The molecule has 0 saturated heterocycles. The Morgan fingerprint density at radius 2 is 1.93 bits per heavy atom. The van der Waals surface area contributed by atoms with Crippen LogP contribution in [0, 0.1) is 0 Å². The molecule has 0 aliphatic heterocycles. The fraction of sp³-hybridized carbons (Fsp3) is 0.190. The molecule has 0 unspecified atom stereocenters. The van der Waals surface area contributed by atoms with Gasteiger partial charge in [-0.3, -0.25) is 9.36 Å². The molecule has 2 aromatic carbocycles. The SMILES string of the molecule is C=CCn1c(SCC(=O)NCCc2ccccc2)nnc1-c1ccc(Cl)c(Cl)c1. The van der Waals surface area contributed by atoms with E-state index in [2.05, 4.69) is 22.1 Å². The second-order valence-electron chi connectivity index (χ2n) is 6.21. The Bertz CT molecular complexity index is 992. The Labute approximate surface area is 184 Å². The second-order valence-corrected chi connectivity index (χ2v) is 7.97. The van der Waals surface area contributed by atoms with Crippen molar-refractivity contribution in [3.63, 3.8) is 0 Å².